The SMILES string of the molecule is COc1ccc2[nH]cc(C3CC3)c2c1. The van der Waals surface area contributed by atoms with Gasteiger partial charge in [-0.25, -0.2) is 0 Å². The van der Waals surface area contributed by atoms with Crippen LogP contribution in [0.5, 0.6) is 5.75 Å². The molecule has 0 unspecified atom stereocenters. The smallest absolute Gasteiger partial charge is 0.119 e. The summed E-state index contributed by atoms with van der Waals surface area (Å²) < 4.78 is 5.23. The lowest BCUT2D eigenvalue weighted by Crippen LogP contribution is -1.82. The predicted molar refractivity (Wildman–Crippen MR) is 56.8 cm³/mol. The minimum Gasteiger partial charge on any atom is -0.497 e. The molecule has 0 saturated heterocycles. The van der Waals surface area contributed by atoms with Crippen molar-refractivity contribution in [3.05, 3.63) is 30.0 Å². The number of nitrogens with one attached hydrogen (secondary N) is 1. The molecule has 0 bridgehead atoms. The molecule has 1 fully saturated rings. The number of hydrogen-bond donors (Lipinski definition) is 1. The lowest BCUT2D eigenvalue weighted by atomic mass is 10.1. The van der Waals surface area contributed by atoms with E-state index < -0.39 is 0 Å². The lowest BCUT2D eigenvalue weighted by molar-refractivity contribution is 0.415. The van der Waals surface area contributed by atoms with E-state index in [1.807, 2.05) is 6.07 Å². The summed E-state index contributed by atoms with van der Waals surface area (Å²) in [7, 11) is 1.71. The molecule has 0 amide bonds. The molecule has 0 spiro atoms. The fraction of sp³-hybridized carbons (Fsp3) is 0.333. The maximum absolute atomic E-state index is 5.23. The number of ether oxygens (including phenoxy) is 1. The van der Waals surface area contributed by atoms with Crippen molar-refractivity contribution in [3.63, 3.8) is 0 Å². The van der Waals surface area contributed by atoms with E-state index in [2.05, 4.69) is 23.3 Å². The molecular formula is C12H13NO. The molecule has 2 heteroatoms. The number of benzene rings is 1. The molecule has 1 N–H and O–H groups in total. The predicted octanol–water partition coefficient (Wildman–Crippen LogP) is 3.05. The highest BCUT2D eigenvalue weighted by Gasteiger charge is 2.26. The van der Waals surface area contributed by atoms with Gasteiger partial charge >= 0.3 is 0 Å². The van der Waals surface area contributed by atoms with E-state index in [9.17, 15) is 0 Å². The molecule has 0 aliphatic heterocycles. The molecule has 0 radical (unpaired) electrons. The highest BCUT2D eigenvalue weighted by atomic mass is 16.5. The Balaban J connectivity index is 2.20. The van der Waals surface area contributed by atoms with E-state index in [1.54, 1.807) is 7.11 Å². The van der Waals surface area contributed by atoms with Gasteiger partial charge in [0.15, 0.2) is 0 Å². The van der Waals surface area contributed by atoms with Gasteiger partial charge in [-0.1, -0.05) is 0 Å². The largest absolute Gasteiger partial charge is 0.497 e. The normalized spacial score (nSPS) is 16.1. The number of aromatic amines is 1. The average Bonchev–Trinajstić information content (AvgIpc) is 2.98. The van der Waals surface area contributed by atoms with Gasteiger partial charge in [0.05, 0.1) is 7.11 Å². The third kappa shape index (κ3) is 1.10. The first-order valence-electron chi connectivity index (χ1n) is 5.03. The molecular weight excluding hydrogens is 174 g/mol. The summed E-state index contributed by atoms with van der Waals surface area (Å²) in [4.78, 5) is 3.31. The number of hydrogen-bond acceptors (Lipinski definition) is 1. The molecule has 1 heterocycles. The third-order valence-electron chi connectivity index (χ3n) is 2.94. The number of fused-ring (bicyclic) bond motifs is 1. The van der Waals surface area contributed by atoms with Crippen LogP contribution in [0.1, 0.15) is 24.3 Å². The number of H-pyrrole nitrogens is 1. The minimum atomic E-state index is 0.788. The Hall–Kier alpha value is -1.44. The molecule has 2 nitrogen and oxygen atoms in total. The molecule has 0 atom stereocenters. The molecule has 72 valence electrons. The maximum Gasteiger partial charge on any atom is 0.119 e. The van der Waals surface area contributed by atoms with Gasteiger partial charge in [0.25, 0.3) is 0 Å². The quantitative estimate of drug-likeness (QED) is 0.768. The summed E-state index contributed by atoms with van der Waals surface area (Å²) in [5.74, 6) is 1.73. The highest BCUT2D eigenvalue weighted by Crippen LogP contribution is 2.43. The van der Waals surface area contributed by atoms with Gasteiger partial charge in [0, 0.05) is 17.1 Å². The Morgan fingerprint density at radius 2 is 2.21 bits per heavy atom. The van der Waals surface area contributed by atoms with Crippen LogP contribution in [0.4, 0.5) is 0 Å². The second kappa shape index (κ2) is 2.77. The number of aromatic nitrogens is 1. The van der Waals surface area contributed by atoms with Gasteiger partial charge in [-0.05, 0) is 42.5 Å². The zero-order valence-corrected chi connectivity index (χ0v) is 8.21. The van der Waals surface area contributed by atoms with Crippen LogP contribution in [-0.4, -0.2) is 12.1 Å². The average molecular weight is 187 g/mol. The summed E-state index contributed by atoms with van der Waals surface area (Å²) in [5, 5.41) is 1.33. The van der Waals surface area contributed by atoms with Gasteiger partial charge in [-0.15, -0.1) is 0 Å². The topological polar surface area (TPSA) is 25.0 Å². The van der Waals surface area contributed by atoms with Gasteiger partial charge in [0.1, 0.15) is 5.75 Å². The van der Waals surface area contributed by atoms with Gasteiger partial charge in [-0.3, -0.25) is 0 Å². The molecule has 2 aromatic rings. The minimum absolute atomic E-state index is 0.788. The molecule has 1 aliphatic rings. The Kier molecular flexibility index (Phi) is 1.57. The standard InChI is InChI=1S/C12H13NO/c1-14-9-4-5-12-10(6-9)11(7-13-12)8-2-3-8/h4-8,13H,2-3H2,1H3. The van der Waals surface area contributed by atoms with Crippen molar-refractivity contribution < 1.29 is 4.74 Å². The Labute approximate surface area is 82.9 Å². The zero-order chi connectivity index (χ0) is 9.54. The van der Waals surface area contributed by atoms with Crippen molar-refractivity contribution >= 4 is 10.9 Å². The van der Waals surface area contributed by atoms with Crippen molar-refractivity contribution in [2.45, 2.75) is 18.8 Å². The monoisotopic (exact) mass is 187 g/mol. The lowest BCUT2D eigenvalue weighted by Gasteiger charge is -2.00. The summed E-state index contributed by atoms with van der Waals surface area (Å²) >= 11 is 0. The molecule has 1 saturated carbocycles. The van der Waals surface area contributed by atoms with Gasteiger partial charge in [-0.2, -0.15) is 0 Å². The van der Waals surface area contributed by atoms with Crippen LogP contribution in [0.3, 0.4) is 0 Å². The second-order valence-electron chi connectivity index (χ2n) is 3.93. The van der Waals surface area contributed by atoms with Crippen LogP contribution in [0.2, 0.25) is 0 Å². The summed E-state index contributed by atoms with van der Waals surface area (Å²) in [6, 6.07) is 6.20. The van der Waals surface area contributed by atoms with Crippen LogP contribution in [0, 0.1) is 0 Å². The summed E-state index contributed by atoms with van der Waals surface area (Å²) in [6.07, 6.45) is 4.82. The first kappa shape index (κ1) is 7.92. The van der Waals surface area contributed by atoms with Crippen molar-refractivity contribution in [2.24, 2.45) is 0 Å². The van der Waals surface area contributed by atoms with E-state index in [1.165, 1.54) is 29.3 Å². The Bertz CT molecular complexity index is 468. The van der Waals surface area contributed by atoms with Crippen LogP contribution >= 0.6 is 0 Å². The van der Waals surface area contributed by atoms with E-state index >= 15 is 0 Å². The molecule has 1 aliphatic carbocycles. The second-order valence-corrected chi connectivity index (χ2v) is 3.93. The van der Waals surface area contributed by atoms with Crippen LogP contribution in [0.25, 0.3) is 10.9 Å². The van der Waals surface area contributed by atoms with Gasteiger partial charge < -0.3 is 9.72 Å². The molecule has 3 rings (SSSR count). The first-order valence-corrected chi connectivity index (χ1v) is 5.03. The van der Waals surface area contributed by atoms with Crippen LogP contribution < -0.4 is 4.74 Å². The first-order chi connectivity index (χ1) is 6.88. The Morgan fingerprint density at radius 3 is 2.93 bits per heavy atom. The fourth-order valence-electron chi connectivity index (χ4n) is 1.98. The van der Waals surface area contributed by atoms with Crippen LogP contribution in [-0.2, 0) is 0 Å². The van der Waals surface area contributed by atoms with E-state index in [4.69, 9.17) is 4.74 Å². The molecule has 14 heavy (non-hydrogen) atoms. The number of methoxy groups -OCH3 is 1. The van der Waals surface area contributed by atoms with E-state index in [0.29, 0.717) is 0 Å². The Morgan fingerprint density at radius 1 is 1.36 bits per heavy atom. The third-order valence-corrected chi connectivity index (χ3v) is 2.94. The van der Waals surface area contributed by atoms with Crippen molar-refractivity contribution in [1.82, 2.24) is 4.98 Å². The van der Waals surface area contributed by atoms with E-state index in [0.717, 1.165) is 11.7 Å². The van der Waals surface area contributed by atoms with Crippen LogP contribution in [0.15, 0.2) is 24.4 Å². The highest BCUT2D eigenvalue weighted by molar-refractivity contribution is 5.85. The zero-order valence-electron chi connectivity index (χ0n) is 8.21. The fourth-order valence-corrected chi connectivity index (χ4v) is 1.98. The molecule has 1 aromatic carbocycles. The maximum atomic E-state index is 5.23. The summed E-state index contributed by atoms with van der Waals surface area (Å²) in [6.45, 7) is 0. The van der Waals surface area contributed by atoms with Gasteiger partial charge in [0.2, 0.25) is 0 Å². The van der Waals surface area contributed by atoms with E-state index in [-0.39, 0.29) is 0 Å². The summed E-state index contributed by atoms with van der Waals surface area (Å²) in [5.41, 5.74) is 2.67. The van der Waals surface area contributed by atoms with Crippen molar-refractivity contribution in [1.29, 1.82) is 0 Å². The molecule has 1 aromatic heterocycles. The van der Waals surface area contributed by atoms with Crippen molar-refractivity contribution in [3.8, 4) is 5.75 Å². The van der Waals surface area contributed by atoms with Crippen molar-refractivity contribution in [2.75, 3.05) is 7.11 Å². The number of rotatable bonds is 2.